The summed E-state index contributed by atoms with van der Waals surface area (Å²) < 4.78 is 29.2. The molecule has 1 aromatic carbocycles. The van der Waals surface area contributed by atoms with Crippen molar-refractivity contribution >= 4 is 22.4 Å². The number of sulfonamides is 1. The van der Waals surface area contributed by atoms with Gasteiger partial charge in [0.1, 0.15) is 0 Å². The minimum absolute atomic E-state index is 0. The fourth-order valence-electron chi connectivity index (χ4n) is 2.81. The molecule has 3 rings (SSSR count). The van der Waals surface area contributed by atoms with E-state index in [2.05, 4.69) is 27.2 Å². The summed E-state index contributed by atoms with van der Waals surface area (Å²) in [6.07, 6.45) is 3.89. The Hall–Kier alpha value is -1.41. The summed E-state index contributed by atoms with van der Waals surface area (Å²) in [6.45, 7) is 3.64. The molecule has 0 fully saturated rings. The third-order valence-corrected chi connectivity index (χ3v) is 5.42. The van der Waals surface area contributed by atoms with Gasteiger partial charge in [0.15, 0.2) is 5.03 Å². The molecule has 23 heavy (non-hydrogen) atoms. The quantitative estimate of drug-likeness (QED) is 0.851. The minimum Gasteiger partial charge on any atom is -0.321 e. The van der Waals surface area contributed by atoms with Gasteiger partial charge in [-0.15, -0.1) is 12.4 Å². The Morgan fingerprint density at radius 3 is 2.96 bits per heavy atom. The Labute approximate surface area is 142 Å². The largest absolute Gasteiger partial charge is 0.321 e. The molecule has 0 saturated carbocycles. The van der Waals surface area contributed by atoms with Crippen molar-refractivity contribution in [1.29, 1.82) is 0 Å². The molecule has 8 heteroatoms. The van der Waals surface area contributed by atoms with Gasteiger partial charge in [0.25, 0.3) is 10.0 Å². The van der Waals surface area contributed by atoms with Gasteiger partial charge in [0.05, 0.1) is 12.5 Å². The van der Waals surface area contributed by atoms with Crippen molar-refractivity contribution in [3.63, 3.8) is 0 Å². The summed E-state index contributed by atoms with van der Waals surface area (Å²) in [5.74, 6) is 0. The highest BCUT2D eigenvalue weighted by atomic mass is 35.5. The van der Waals surface area contributed by atoms with Crippen LogP contribution >= 0.6 is 12.4 Å². The van der Waals surface area contributed by atoms with Crippen LogP contribution in [-0.2, 0) is 23.0 Å². The zero-order valence-corrected chi connectivity index (χ0v) is 14.5. The van der Waals surface area contributed by atoms with E-state index in [1.807, 2.05) is 19.1 Å². The van der Waals surface area contributed by atoms with Crippen LogP contribution in [0, 0.1) is 0 Å². The average molecular weight is 357 g/mol. The average Bonchev–Trinajstić information content (AvgIpc) is 3.02. The highest BCUT2D eigenvalue weighted by Crippen LogP contribution is 2.22. The van der Waals surface area contributed by atoms with Gasteiger partial charge in [-0.1, -0.05) is 24.3 Å². The van der Waals surface area contributed by atoms with Gasteiger partial charge in [-0.2, -0.15) is 0 Å². The van der Waals surface area contributed by atoms with Crippen molar-refractivity contribution in [2.45, 2.75) is 31.0 Å². The number of halogens is 1. The second kappa shape index (κ2) is 7.44. The van der Waals surface area contributed by atoms with E-state index in [1.54, 1.807) is 4.57 Å². The van der Waals surface area contributed by atoms with Gasteiger partial charge in [0.2, 0.25) is 0 Å². The summed E-state index contributed by atoms with van der Waals surface area (Å²) in [4.78, 5) is 3.92. The van der Waals surface area contributed by atoms with E-state index < -0.39 is 10.0 Å². The van der Waals surface area contributed by atoms with Gasteiger partial charge in [-0.05, 0) is 31.0 Å². The van der Waals surface area contributed by atoms with E-state index in [4.69, 9.17) is 0 Å². The molecule has 2 N–H and O–H groups in total. The number of hydrogen-bond donors (Lipinski definition) is 2. The van der Waals surface area contributed by atoms with Crippen molar-refractivity contribution in [3.05, 3.63) is 47.9 Å². The van der Waals surface area contributed by atoms with E-state index in [0.29, 0.717) is 13.1 Å². The molecule has 0 radical (unpaired) electrons. The first-order valence-electron chi connectivity index (χ1n) is 7.43. The Kier molecular flexibility index (Phi) is 5.80. The zero-order chi connectivity index (χ0) is 15.6. The number of aromatic nitrogens is 2. The Bertz CT molecular complexity index is 760. The van der Waals surface area contributed by atoms with E-state index >= 15 is 0 Å². The first kappa shape index (κ1) is 17.9. The number of nitrogens with zero attached hydrogens (tertiary/aromatic N) is 2. The number of imidazole rings is 1. The zero-order valence-electron chi connectivity index (χ0n) is 12.9. The Balaban J connectivity index is 0.00000192. The van der Waals surface area contributed by atoms with Crippen molar-refractivity contribution in [1.82, 2.24) is 19.6 Å². The molecule has 1 aromatic heterocycles. The number of nitrogens with one attached hydrogen (secondary N) is 2. The molecule has 2 aromatic rings. The maximum absolute atomic E-state index is 12.4. The second-order valence-electron chi connectivity index (χ2n) is 5.33. The van der Waals surface area contributed by atoms with E-state index in [0.717, 1.165) is 13.0 Å². The molecular formula is C15H21ClN4O2S. The molecule has 2 heterocycles. The summed E-state index contributed by atoms with van der Waals surface area (Å²) >= 11 is 0. The fraction of sp³-hybridized carbons (Fsp3) is 0.400. The number of rotatable bonds is 5. The van der Waals surface area contributed by atoms with Crippen molar-refractivity contribution < 1.29 is 8.42 Å². The smallest absolute Gasteiger partial charge is 0.257 e. The van der Waals surface area contributed by atoms with Crippen LogP contribution in [0.15, 0.2) is 41.8 Å². The molecular weight excluding hydrogens is 336 g/mol. The molecule has 126 valence electrons. The number of hydrogen-bond acceptors (Lipinski definition) is 4. The van der Waals surface area contributed by atoms with Crippen LogP contribution in [0.2, 0.25) is 0 Å². The molecule has 1 aliphatic rings. The lowest BCUT2D eigenvalue weighted by Gasteiger charge is -2.27. The lowest BCUT2D eigenvalue weighted by atomic mass is 9.95. The first-order valence-corrected chi connectivity index (χ1v) is 8.91. The molecule has 1 aliphatic heterocycles. The van der Waals surface area contributed by atoms with Crippen molar-refractivity contribution in [2.75, 3.05) is 13.1 Å². The standard InChI is InChI=1S/C15H20N4O2S.ClH/c1-2-19-11-16-10-15(19)22(20,21)18-9-14-13-6-4-3-5-12(13)7-8-17-14;/h3-6,10-11,14,17-18H,2,7-9H2,1H3;1H. The van der Waals surface area contributed by atoms with Crippen LogP contribution in [0.1, 0.15) is 24.1 Å². The highest BCUT2D eigenvalue weighted by Gasteiger charge is 2.23. The van der Waals surface area contributed by atoms with Crippen LogP contribution in [0.5, 0.6) is 0 Å². The molecule has 0 aliphatic carbocycles. The maximum atomic E-state index is 12.4. The predicted octanol–water partition coefficient (Wildman–Crippen LogP) is 1.49. The molecule has 6 nitrogen and oxygen atoms in total. The van der Waals surface area contributed by atoms with E-state index in [9.17, 15) is 8.42 Å². The highest BCUT2D eigenvalue weighted by molar-refractivity contribution is 7.89. The fourth-order valence-corrected chi connectivity index (χ4v) is 4.03. The third-order valence-electron chi connectivity index (χ3n) is 3.98. The van der Waals surface area contributed by atoms with Gasteiger partial charge >= 0.3 is 0 Å². The number of aryl methyl sites for hydroxylation is 1. The van der Waals surface area contributed by atoms with Crippen molar-refractivity contribution in [2.24, 2.45) is 0 Å². The third kappa shape index (κ3) is 3.74. The SMILES string of the molecule is CCn1cncc1S(=O)(=O)NCC1NCCc2ccccc21.Cl. The maximum Gasteiger partial charge on any atom is 0.257 e. The van der Waals surface area contributed by atoms with Gasteiger partial charge in [-0.25, -0.2) is 18.1 Å². The number of fused-ring (bicyclic) bond motifs is 1. The number of benzene rings is 1. The normalized spacial score (nSPS) is 17.3. The Morgan fingerprint density at radius 1 is 1.39 bits per heavy atom. The molecule has 0 bridgehead atoms. The summed E-state index contributed by atoms with van der Waals surface area (Å²) in [6, 6.07) is 8.16. The lowest BCUT2D eigenvalue weighted by Crippen LogP contribution is -2.39. The summed E-state index contributed by atoms with van der Waals surface area (Å²) in [7, 11) is -3.55. The van der Waals surface area contributed by atoms with E-state index in [-0.39, 0.29) is 23.5 Å². The monoisotopic (exact) mass is 356 g/mol. The van der Waals surface area contributed by atoms with Gasteiger partial charge in [-0.3, -0.25) is 0 Å². The molecule has 1 unspecified atom stereocenters. The minimum atomic E-state index is -3.55. The lowest BCUT2D eigenvalue weighted by molar-refractivity contribution is 0.489. The molecule has 0 amide bonds. The first-order chi connectivity index (χ1) is 10.6. The van der Waals surface area contributed by atoms with Crippen LogP contribution < -0.4 is 10.0 Å². The molecule has 1 atom stereocenters. The predicted molar refractivity (Wildman–Crippen MR) is 91.2 cm³/mol. The van der Waals surface area contributed by atoms with Crippen LogP contribution in [0.25, 0.3) is 0 Å². The topological polar surface area (TPSA) is 76.0 Å². The van der Waals surface area contributed by atoms with Gasteiger partial charge in [0, 0.05) is 19.1 Å². The van der Waals surface area contributed by atoms with Gasteiger partial charge < -0.3 is 9.88 Å². The summed E-state index contributed by atoms with van der Waals surface area (Å²) in [5.41, 5.74) is 2.45. The molecule has 0 spiro atoms. The summed E-state index contributed by atoms with van der Waals surface area (Å²) in [5, 5.41) is 3.58. The van der Waals surface area contributed by atoms with Crippen LogP contribution in [0.4, 0.5) is 0 Å². The van der Waals surface area contributed by atoms with Crippen LogP contribution in [-0.4, -0.2) is 31.1 Å². The van der Waals surface area contributed by atoms with Crippen LogP contribution in [0.3, 0.4) is 0 Å². The van der Waals surface area contributed by atoms with Crippen molar-refractivity contribution in [3.8, 4) is 0 Å². The second-order valence-corrected chi connectivity index (χ2v) is 7.04. The molecule has 0 saturated heterocycles. The van der Waals surface area contributed by atoms with E-state index in [1.165, 1.54) is 23.7 Å². The Morgan fingerprint density at radius 2 is 2.17 bits per heavy atom.